The van der Waals surface area contributed by atoms with Crippen molar-refractivity contribution in [3.63, 3.8) is 0 Å². The van der Waals surface area contributed by atoms with Crippen molar-refractivity contribution in [1.29, 1.82) is 0 Å². The molecule has 0 unspecified atom stereocenters. The largest absolute Gasteiger partial charge is 0.414 e. The first kappa shape index (κ1) is 15.8. The molecule has 20 heavy (non-hydrogen) atoms. The van der Waals surface area contributed by atoms with E-state index in [2.05, 4.69) is 5.92 Å². The summed E-state index contributed by atoms with van der Waals surface area (Å²) in [5, 5.41) is 1.34. The van der Waals surface area contributed by atoms with E-state index >= 15 is 0 Å². The maximum atomic E-state index is 13.5. The normalized spacial score (nSPS) is 9.50. The molecule has 2 rings (SSSR count). The van der Waals surface area contributed by atoms with E-state index in [1.807, 2.05) is 0 Å². The third kappa shape index (κ3) is 3.01. The first-order chi connectivity index (χ1) is 9.02. The number of terminal acetylenes is 1. The Morgan fingerprint density at radius 3 is 2.60 bits per heavy atom. The monoisotopic (exact) mass is 293 g/mol. The molecule has 0 bridgehead atoms. The van der Waals surface area contributed by atoms with Gasteiger partial charge in [0.15, 0.2) is 0 Å². The van der Waals surface area contributed by atoms with E-state index in [1.165, 1.54) is 11.0 Å². The lowest BCUT2D eigenvalue weighted by atomic mass is 10.0. The van der Waals surface area contributed by atoms with Crippen molar-refractivity contribution in [3.05, 3.63) is 41.7 Å². The fourth-order valence-electron chi connectivity index (χ4n) is 1.68. The molecule has 2 aromatic carbocycles. The van der Waals surface area contributed by atoms with Gasteiger partial charge in [-0.2, -0.15) is 0 Å². The van der Waals surface area contributed by atoms with Crippen LogP contribution in [0.2, 0.25) is 0 Å². The quantitative estimate of drug-likeness (QED) is 0.754. The molecule has 104 valence electrons. The van der Waals surface area contributed by atoms with Crippen molar-refractivity contribution in [2.45, 2.75) is 0 Å². The van der Waals surface area contributed by atoms with E-state index < -0.39 is 11.9 Å². The standard InChI is InChI=1S/C15H12FNO2.ClH/c1-4-12-13-7-6-11(19-15(18)17(2)3)9-10(13)5-8-14(12)16;/h1,5-9H,2-3H3;1H. The Kier molecular flexibility index (Phi) is 4.95. The predicted molar refractivity (Wildman–Crippen MR) is 78.8 cm³/mol. The van der Waals surface area contributed by atoms with Gasteiger partial charge in [0.1, 0.15) is 11.6 Å². The molecule has 0 radical (unpaired) electrons. The summed E-state index contributed by atoms with van der Waals surface area (Å²) in [6.45, 7) is 0. The molecule has 3 nitrogen and oxygen atoms in total. The molecule has 0 aliphatic carbocycles. The molecule has 0 aliphatic heterocycles. The second-order valence-electron chi connectivity index (χ2n) is 4.21. The summed E-state index contributed by atoms with van der Waals surface area (Å²) in [6.07, 6.45) is 4.82. The molecule has 5 heteroatoms. The van der Waals surface area contributed by atoms with E-state index in [0.717, 1.165) is 5.39 Å². The van der Waals surface area contributed by atoms with Crippen LogP contribution in [0.1, 0.15) is 5.56 Å². The van der Waals surface area contributed by atoms with Crippen molar-refractivity contribution in [2.24, 2.45) is 0 Å². The van der Waals surface area contributed by atoms with Gasteiger partial charge in [-0.3, -0.25) is 0 Å². The molecule has 2 aromatic rings. The Morgan fingerprint density at radius 2 is 2.00 bits per heavy atom. The van der Waals surface area contributed by atoms with Crippen LogP contribution in [0.3, 0.4) is 0 Å². The lowest BCUT2D eigenvalue weighted by molar-refractivity contribution is 0.172. The van der Waals surface area contributed by atoms with Gasteiger partial charge in [0.25, 0.3) is 0 Å². The van der Waals surface area contributed by atoms with Crippen molar-refractivity contribution in [2.75, 3.05) is 14.1 Å². The zero-order chi connectivity index (χ0) is 14.0. The maximum absolute atomic E-state index is 13.5. The van der Waals surface area contributed by atoms with E-state index in [4.69, 9.17) is 11.2 Å². The summed E-state index contributed by atoms with van der Waals surface area (Å²) in [6, 6.07) is 7.78. The van der Waals surface area contributed by atoms with Crippen LogP contribution in [0.4, 0.5) is 9.18 Å². The topological polar surface area (TPSA) is 29.5 Å². The van der Waals surface area contributed by atoms with Crippen LogP contribution in [0, 0.1) is 18.2 Å². The minimum absolute atomic E-state index is 0. The number of carbonyl (C=O) groups is 1. The fraction of sp³-hybridized carbons (Fsp3) is 0.133. The van der Waals surface area contributed by atoms with Gasteiger partial charge in [-0.25, -0.2) is 9.18 Å². The third-order valence-electron chi connectivity index (χ3n) is 2.66. The number of amides is 1. The molecule has 0 spiro atoms. The van der Waals surface area contributed by atoms with Crippen molar-refractivity contribution in [3.8, 4) is 18.1 Å². The lowest BCUT2D eigenvalue weighted by Gasteiger charge is -2.11. The van der Waals surface area contributed by atoms with Crippen LogP contribution < -0.4 is 4.74 Å². The number of nitrogens with zero attached hydrogens (tertiary/aromatic N) is 1. The molecule has 0 aromatic heterocycles. The molecule has 0 N–H and O–H groups in total. The molecule has 0 saturated carbocycles. The van der Waals surface area contributed by atoms with Crippen LogP contribution in [-0.2, 0) is 0 Å². The first-order valence-corrected chi connectivity index (χ1v) is 5.61. The zero-order valence-corrected chi connectivity index (χ0v) is 11.8. The van der Waals surface area contributed by atoms with Crippen LogP contribution >= 0.6 is 12.4 Å². The summed E-state index contributed by atoms with van der Waals surface area (Å²) in [5.41, 5.74) is 0.211. The summed E-state index contributed by atoms with van der Waals surface area (Å²) in [5.74, 6) is 2.28. The highest BCUT2D eigenvalue weighted by atomic mass is 35.5. The Morgan fingerprint density at radius 1 is 1.30 bits per heavy atom. The molecule has 0 aliphatic rings. The smallest absolute Gasteiger partial charge is 0.410 e. The minimum Gasteiger partial charge on any atom is -0.410 e. The van der Waals surface area contributed by atoms with E-state index in [-0.39, 0.29) is 18.0 Å². The average molecular weight is 294 g/mol. The summed E-state index contributed by atoms with van der Waals surface area (Å²) in [4.78, 5) is 12.8. The van der Waals surface area contributed by atoms with Gasteiger partial charge in [0.05, 0.1) is 5.56 Å². The Labute approximate surface area is 122 Å². The number of rotatable bonds is 1. The van der Waals surface area contributed by atoms with Crippen molar-refractivity contribution >= 4 is 29.3 Å². The van der Waals surface area contributed by atoms with Crippen molar-refractivity contribution in [1.82, 2.24) is 4.90 Å². The van der Waals surface area contributed by atoms with Gasteiger partial charge in [0, 0.05) is 19.5 Å². The van der Waals surface area contributed by atoms with Crippen LogP contribution in [0.5, 0.6) is 5.75 Å². The van der Waals surface area contributed by atoms with Crippen LogP contribution in [0.25, 0.3) is 10.8 Å². The van der Waals surface area contributed by atoms with Gasteiger partial charge in [-0.1, -0.05) is 12.0 Å². The van der Waals surface area contributed by atoms with Gasteiger partial charge < -0.3 is 9.64 Å². The number of ether oxygens (including phenoxy) is 1. The zero-order valence-electron chi connectivity index (χ0n) is 11.0. The SMILES string of the molecule is C#Cc1c(F)ccc2cc(OC(=O)N(C)C)ccc12.Cl. The number of hydrogen-bond donors (Lipinski definition) is 0. The minimum atomic E-state index is -0.473. The van der Waals surface area contributed by atoms with E-state index in [9.17, 15) is 9.18 Å². The van der Waals surface area contributed by atoms with E-state index in [0.29, 0.717) is 11.1 Å². The predicted octanol–water partition coefficient (Wildman–Crippen LogP) is 3.44. The second-order valence-corrected chi connectivity index (χ2v) is 4.21. The van der Waals surface area contributed by atoms with E-state index in [1.54, 1.807) is 38.4 Å². The molecule has 0 atom stereocenters. The van der Waals surface area contributed by atoms with Gasteiger partial charge >= 0.3 is 6.09 Å². The number of halogens is 2. The lowest BCUT2D eigenvalue weighted by Crippen LogP contribution is -2.25. The molecule has 1 amide bonds. The average Bonchev–Trinajstić information content (AvgIpc) is 2.38. The van der Waals surface area contributed by atoms with Crippen molar-refractivity contribution < 1.29 is 13.9 Å². The molecule has 0 fully saturated rings. The third-order valence-corrected chi connectivity index (χ3v) is 2.66. The highest BCUT2D eigenvalue weighted by Crippen LogP contribution is 2.25. The second kappa shape index (κ2) is 6.27. The van der Waals surface area contributed by atoms with Gasteiger partial charge in [-0.05, 0) is 29.7 Å². The number of benzene rings is 2. The highest BCUT2D eigenvalue weighted by molar-refractivity contribution is 5.89. The highest BCUT2D eigenvalue weighted by Gasteiger charge is 2.09. The fourth-order valence-corrected chi connectivity index (χ4v) is 1.68. The summed E-state index contributed by atoms with van der Waals surface area (Å²) >= 11 is 0. The number of hydrogen-bond acceptors (Lipinski definition) is 2. The maximum Gasteiger partial charge on any atom is 0.414 e. The molecule has 0 saturated heterocycles. The first-order valence-electron chi connectivity index (χ1n) is 5.61. The van der Waals surface area contributed by atoms with Crippen LogP contribution in [0.15, 0.2) is 30.3 Å². The van der Waals surface area contributed by atoms with Gasteiger partial charge in [0.2, 0.25) is 0 Å². The Balaban J connectivity index is 0.00000200. The molecular formula is C15H13ClFNO2. The summed E-state index contributed by atoms with van der Waals surface area (Å²) in [7, 11) is 3.18. The number of carbonyl (C=O) groups excluding carboxylic acids is 1. The summed E-state index contributed by atoms with van der Waals surface area (Å²) < 4.78 is 18.6. The molecule has 0 heterocycles. The molecular weight excluding hydrogens is 281 g/mol. The Bertz CT molecular complexity index is 692. The van der Waals surface area contributed by atoms with Gasteiger partial charge in [-0.15, -0.1) is 18.8 Å². The Hall–Kier alpha value is -2.25. The van der Waals surface area contributed by atoms with Crippen LogP contribution in [-0.4, -0.2) is 25.1 Å². The number of fused-ring (bicyclic) bond motifs is 1.